The van der Waals surface area contributed by atoms with Crippen molar-refractivity contribution in [2.75, 3.05) is 5.32 Å². The molecule has 0 saturated carbocycles. The summed E-state index contributed by atoms with van der Waals surface area (Å²) in [6.07, 6.45) is -4.56. The number of aryl methyl sites for hydroxylation is 1. The van der Waals surface area contributed by atoms with Crippen molar-refractivity contribution in [2.24, 2.45) is 0 Å². The molecule has 0 bridgehead atoms. The molecule has 9 heteroatoms. The quantitative estimate of drug-likeness (QED) is 0.462. The summed E-state index contributed by atoms with van der Waals surface area (Å²) in [6, 6.07) is 13.1. The summed E-state index contributed by atoms with van der Waals surface area (Å²) in [6.45, 7) is 5.26. The van der Waals surface area contributed by atoms with E-state index in [1.165, 1.54) is 12.1 Å². The van der Waals surface area contributed by atoms with Crippen LogP contribution in [0, 0.1) is 13.8 Å². The van der Waals surface area contributed by atoms with E-state index >= 15 is 0 Å². The van der Waals surface area contributed by atoms with Crippen LogP contribution in [0.15, 0.2) is 53.4 Å². The van der Waals surface area contributed by atoms with E-state index in [9.17, 15) is 18.0 Å². The molecular weight excluding hydrogens is 435 g/mol. The molecule has 0 aliphatic rings. The Bertz CT molecular complexity index is 1070. The minimum atomic E-state index is -4.56. The summed E-state index contributed by atoms with van der Waals surface area (Å²) in [5.41, 5.74) is 1.94. The predicted octanol–water partition coefficient (Wildman–Crippen LogP) is 6.28. The summed E-state index contributed by atoms with van der Waals surface area (Å²) in [4.78, 5) is 13.0. The van der Waals surface area contributed by atoms with E-state index in [2.05, 4.69) is 10.4 Å². The average Bonchev–Trinajstić information content (AvgIpc) is 2.97. The predicted molar refractivity (Wildman–Crippen MR) is 113 cm³/mol. The van der Waals surface area contributed by atoms with Gasteiger partial charge in [0.25, 0.3) is 0 Å². The highest BCUT2D eigenvalue weighted by atomic mass is 35.5. The molecule has 1 heterocycles. The second-order valence-electron chi connectivity index (χ2n) is 6.68. The first kappa shape index (κ1) is 22.2. The first-order valence-corrected chi connectivity index (χ1v) is 10.3. The number of hydrogen-bond donors (Lipinski definition) is 1. The number of anilines is 1. The van der Waals surface area contributed by atoms with Gasteiger partial charge < -0.3 is 5.32 Å². The molecule has 3 rings (SSSR count). The van der Waals surface area contributed by atoms with Crippen molar-refractivity contribution in [3.05, 3.63) is 70.5 Å². The molecule has 1 amide bonds. The van der Waals surface area contributed by atoms with Crippen molar-refractivity contribution in [1.82, 2.24) is 9.78 Å². The number of benzene rings is 2. The summed E-state index contributed by atoms with van der Waals surface area (Å²) >= 11 is 6.68. The molecule has 3 aromatic rings. The Kier molecular flexibility index (Phi) is 6.47. The van der Waals surface area contributed by atoms with E-state index in [0.29, 0.717) is 16.3 Å². The first-order valence-electron chi connectivity index (χ1n) is 9.04. The van der Waals surface area contributed by atoms with E-state index in [1.54, 1.807) is 18.5 Å². The molecule has 0 saturated heterocycles. The van der Waals surface area contributed by atoms with E-state index in [0.717, 1.165) is 29.2 Å². The molecule has 0 radical (unpaired) electrons. The van der Waals surface area contributed by atoms with E-state index in [-0.39, 0.29) is 10.9 Å². The SMILES string of the molecule is Cc1nn(-c2ccccc2)c(C)c1NC(=O)C(C)Sc1ccc(Cl)c(C(F)(F)F)c1. The minimum absolute atomic E-state index is 0.308. The third-order valence-corrected chi connectivity index (χ3v) is 5.89. The molecule has 1 aromatic heterocycles. The smallest absolute Gasteiger partial charge is 0.322 e. The molecule has 4 nitrogen and oxygen atoms in total. The maximum Gasteiger partial charge on any atom is 0.417 e. The van der Waals surface area contributed by atoms with Crippen LogP contribution in [0.25, 0.3) is 5.69 Å². The normalized spacial score (nSPS) is 12.6. The topological polar surface area (TPSA) is 46.9 Å². The molecule has 0 aliphatic heterocycles. The van der Waals surface area contributed by atoms with Crippen LogP contribution in [0.3, 0.4) is 0 Å². The van der Waals surface area contributed by atoms with Crippen molar-refractivity contribution >= 4 is 35.0 Å². The van der Waals surface area contributed by atoms with Crippen LogP contribution in [0.1, 0.15) is 23.9 Å². The van der Waals surface area contributed by atoms with Gasteiger partial charge in [0.05, 0.1) is 38.6 Å². The minimum Gasteiger partial charge on any atom is -0.322 e. The molecule has 1 unspecified atom stereocenters. The van der Waals surface area contributed by atoms with Gasteiger partial charge in [-0.15, -0.1) is 11.8 Å². The molecule has 0 aliphatic carbocycles. The zero-order valence-electron chi connectivity index (χ0n) is 16.4. The van der Waals surface area contributed by atoms with Crippen molar-refractivity contribution in [2.45, 2.75) is 37.1 Å². The fourth-order valence-corrected chi connectivity index (χ4v) is 4.05. The van der Waals surface area contributed by atoms with Gasteiger partial charge in [0, 0.05) is 4.90 Å². The lowest BCUT2D eigenvalue weighted by Crippen LogP contribution is -2.23. The molecule has 1 atom stereocenters. The molecular formula is C21H19ClF3N3OS. The highest BCUT2D eigenvalue weighted by Crippen LogP contribution is 2.38. The van der Waals surface area contributed by atoms with Crippen LogP contribution in [0.5, 0.6) is 0 Å². The van der Waals surface area contributed by atoms with Crippen molar-refractivity contribution in [1.29, 1.82) is 0 Å². The highest BCUT2D eigenvalue weighted by molar-refractivity contribution is 8.00. The zero-order valence-corrected chi connectivity index (χ0v) is 18.0. The maximum atomic E-state index is 13.1. The van der Waals surface area contributed by atoms with Crippen molar-refractivity contribution < 1.29 is 18.0 Å². The standard InChI is InChI=1S/C21H19ClF3N3OS/c1-12-19(13(2)28(27-12)15-7-5-4-6-8-15)26-20(29)14(3)30-16-9-10-18(22)17(11-16)21(23,24)25/h4-11,14H,1-3H3,(H,26,29). The van der Waals surface area contributed by atoms with Crippen LogP contribution in [0.2, 0.25) is 5.02 Å². The number of carbonyl (C=O) groups is 1. The number of amides is 1. The summed E-state index contributed by atoms with van der Waals surface area (Å²) < 4.78 is 40.9. The zero-order chi connectivity index (χ0) is 22.1. The fourth-order valence-electron chi connectivity index (χ4n) is 2.92. The number of para-hydroxylation sites is 1. The average molecular weight is 454 g/mol. The Balaban J connectivity index is 1.77. The Morgan fingerprint density at radius 3 is 2.47 bits per heavy atom. The summed E-state index contributed by atoms with van der Waals surface area (Å²) in [7, 11) is 0. The van der Waals surface area contributed by atoms with Gasteiger partial charge in [0.15, 0.2) is 0 Å². The summed E-state index contributed by atoms with van der Waals surface area (Å²) in [5.74, 6) is -0.331. The number of thioether (sulfide) groups is 1. The van der Waals surface area contributed by atoms with Crippen LogP contribution < -0.4 is 5.32 Å². The Labute approximate surface area is 181 Å². The fraction of sp³-hybridized carbons (Fsp3) is 0.238. The molecule has 0 spiro atoms. The molecule has 0 fully saturated rings. The number of nitrogens with one attached hydrogen (secondary N) is 1. The molecule has 30 heavy (non-hydrogen) atoms. The van der Waals surface area contributed by atoms with E-state index in [1.807, 2.05) is 37.3 Å². The lowest BCUT2D eigenvalue weighted by molar-refractivity contribution is -0.137. The number of nitrogens with zero attached hydrogens (tertiary/aromatic N) is 2. The van der Waals surface area contributed by atoms with Crippen LogP contribution in [-0.4, -0.2) is 20.9 Å². The lowest BCUT2D eigenvalue weighted by Gasteiger charge is -2.14. The second-order valence-corrected chi connectivity index (χ2v) is 8.50. The number of rotatable bonds is 5. The molecule has 2 aromatic carbocycles. The van der Waals surface area contributed by atoms with Crippen molar-refractivity contribution in [3.8, 4) is 5.69 Å². The van der Waals surface area contributed by atoms with Gasteiger partial charge in [-0.05, 0) is 51.1 Å². The summed E-state index contributed by atoms with van der Waals surface area (Å²) in [5, 5.41) is 6.33. The molecule has 1 N–H and O–H groups in total. The lowest BCUT2D eigenvalue weighted by atomic mass is 10.2. The van der Waals surface area contributed by atoms with Gasteiger partial charge in [-0.3, -0.25) is 4.79 Å². The van der Waals surface area contributed by atoms with E-state index in [4.69, 9.17) is 11.6 Å². The van der Waals surface area contributed by atoms with Crippen LogP contribution in [-0.2, 0) is 11.0 Å². The van der Waals surface area contributed by atoms with Gasteiger partial charge in [-0.2, -0.15) is 18.3 Å². The monoisotopic (exact) mass is 453 g/mol. The Morgan fingerprint density at radius 1 is 1.17 bits per heavy atom. The Morgan fingerprint density at radius 2 is 1.83 bits per heavy atom. The van der Waals surface area contributed by atoms with Crippen molar-refractivity contribution in [3.63, 3.8) is 0 Å². The van der Waals surface area contributed by atoms with Crippen LogP contribution >= 0.6 is 23.4 Å². The van der Waals surface area contributed by atoms with Gasteiger partial charge >= 0.3 is 6.18 Å². The third kappa shape index (κ3) is 4.82. The number of hydrogen-bond acceptors (Lipinski definition) is 3. The van der Waals surface area contributed by atoms with Gasteiger partial charge in [-0.25, -0.2) is 4.68 Å². The number of carbonyl (C=O) groups excluding carboxylic acids is 1. The largest absolute Gasteiger partial charge is 0.417 e. The number of aromatic nitrogens is 2. The van der Waals surface area contributed by atoms with E-state index < -0.39 is 17.0 Å². The van der Waals surface area contributed by atoms with Crippen LogP contribution in [0.4, 0.5) is 18.9 Å². The Hall–Kier alpha value is -2.45. The molecule has 158 valence electrons. The van der Waals surface area contributed by atoms with Gasteiger partial charge in [0.1, 0.15) is 0 Å². The van der Waals surface area contributed by atoms with Gasteiger partial charge in [0.2, 0.25) is 5.91 Å². The third-order valence-electron chi connectivity index (χ3n) is 4.47. The van der Waals surface area contributed by atoms with Gasteiger partial charge in [-0.1, -0.05) is 29.8 Å². The highest BCUT2D eigenvalue weighted by Gasteiger charge is 2.33. The number of alkyl halides is 3. The second kappa shape index (κ2) is 8.73. The number of halogens is 4. The maximum absolute atomic E-state index is 13.1. The first-order chi connectivity index (χ1) is 14.1.